The van der Waals surface area contributed by atoms with Crippen LogP contribution in [0.2, 0.25) is 0 Å². The summed E-state index contributed by atoms with van der Waals surface area (Å²) in [5.41, 5.74) is 2.44. The maximum atomic E-state index is 5.74. The first-order valence-corrected chi connectivity index (χ1v) is 6.92. The Hall–Kier alpha value is -1.83. The third-order valence-corrected chi connectivity index (χ3v) is 3.41. The molecule has 0 amide bonds. The maximum absolute atomic E-state index is 5.74. The van der Waals surface area contributed by atoms with E-state index >= 15 is 0 Å². The predicted molar refractivity (Wildman–Crippen MR) is 78.6 cm³/mol. The fourth-order valence-corrected chi connectivity index (χ4v) is 1.95. The molecule has 19 heavy (non-hydrogen) atoms. The molecule has 1 atom stereocenters. The van der Waals surface area contributed by atoms with Crippen LogP contribution in [0.3, 0.4) is 0 Å². The lowest BCUT2D eigenvalue weighted by atomic mass is 9.99. The molecule has 1 unspecified atom stereocenters. The number of hydrogen-bond acceptors (Lipinski definition) is 2. The minimum Gasteiger partial charge on any atom is -0.493 e. The molecule has 100 valence electrons. The zero-order valence-corrected chi connectivity index (χ0v) is 11.7. The van der Waals surface area contributed by atoms with Crippen molar-refractivity contribution in [1.82, 2.24) is 4.98 Å². The molecule has 2 aromatic rings. The molecule has 0 radical (unpaired) electrons. The van der Waals surface area contributed by atoms with Gasteiger partial charge in [-0.25, -0.2) is 0 Å². The first-order valence-electron chi connectivity index (χ1n) is 6.92. The molecule has 2 rings (SSSR count). The monoisotopic (exact) mass is 255 g/mol. The Balaban J connectivity index is 1.83. The van der Waals surface area contributed by atoms with Gasteiger partial charge in [0.1, 0.15) is 5.75 Å². The standard InChI is InChI=1S/C17H21NO/c1-3-14(2)15-7-9-17(10-8-15)19-13-11-16-6-4-5-12-18-16/h4-10,12,14H,3,11,13H2,1-2H3. The van der Waals surface area contributed by atoms with E-state index in [0.29, 0.717) is 12.5 Å². The second-order valence-corrected chi connectivity index (χ2v) is 4.80. The molecule has 2 nitrogen and oxygen atoms in total. The summed E-state index contributed by atoms with van der Waals surface area (Å²) in [4.78, 5) is 4.28. The summed E-state index contributed by atoms with van der Waals surface area (Å²) < 4.78 is 5.74. The number of aromatic nitrogens is 1. The van der Waals surface area contributed by atoms with E-state index in [4.69, 9.17) is 4.74 Å². The lowest BCUT2D eigenvalue weighted by molar-refractivity contribution is 0.320. The molecule has 0 aliphatic rings. The fourth-order valence-electron chi connectivity index (χ4n) is 1.95. The topological polar surface area (TPSA) is 22.1 Å². The van der Waals surface area contributed by atoms with Gasteiger partial charge in [0, 0.05) is 18.3 Å². The molecule has 0 spiro atoms. The Morgan fingerprint density at radius 3 is 2.53 bits per heavy atom. The molecule has 1 aromatic carbocycles. The van der Waals surface area contributed by atoms with E-state index in [9.17, 15) is 0 Å². The SMILES string of the molecule is CCC(C)c1ccc(OCCc2ccccn2)cc1. The van der Waals surface area contributed by atoms with Crippen LogP contribution in [0.25, 0.3) is 0 Å². The summed E-state index contributed by atoms with van der Waals surface area (Å²) in [5, 5.41) is 0. The van der Waals surface area contributed by atoms with Gasteiger partial charge in [0.2, 0.25) is 0 Å². The fraction of sp³-hybridized carbons (Fsp3) is 0.353. The van der Waals surface area contributed by atoms with Crippen molar-refractivity contribution >= 4 is 0 Å². The average molecular weight is 255 g/mol. The van der Waals surface area contributed by atoms with Crippen LogP contribution in [0.1, 0.15) is 37.4 Å². The van der Waals surface area contributed by atoms with Gasteiger partial charge in [0.15, 0.2) is 0 Å². The molecule has 1 aromatic heterocycles. The number of rotatable bonds is 6. The second kappa shape index (κ2) is 6.93. The van der Waals surface area contributed by atoms with Crippen molar-refractivity contribution in [3.05, 3.63) is 59.9 Å². The number of pyridine rings is 1. The van der Waals surface area contributed by atoms with E-state index in [1.54, 1.807) is 0 Å². The highest BCUT2D eigenvalue weighted by Gasteiger charge is 2.02. The number of benzene rings is 1. The average Bonchev–Trinajstić information content (AvgIpc) is 2.48. The Kier molecular flexibility index (Phi) is 4.96. The molecule has 0 saturated carbocycles. The van der Waals surface area contributed by atoms with E-state index < -0.39 is 0 Å². The van der Waals surface area contributed by atoms with Crippen LogP contribution < -0.4 is 4.74 Å². The molecule has 0 aliphatic heterocycles. The summed E-state index contributed by atoms with van der Waals surface area (Å²) in [7, 11) is 0. The van der Waals surface area contributed by atoms with Crippen LogP contribution in [-0.2, 0) is 6.42 Å². The quantitative estimate of drug-likeness (QED) is 0.771. The molecule has 1 heterocycles. The van der Waals surface area contributed by atoms with Crippen LogP contribution in [0.4, 0.5) is 0 Å². The van der Waals surface area contributed by atoms with Gasteiger partial charge >= 0.3 is 0 Å². The third kappa shape index (κ3) is 4.09. The van der Waals surface area contributed by atoms with Gasteiger partial charge < -0.3 is 4.74 Å². The largest absolute Gasteiger partial charge is 0.493 e. The van der Waals surface area contributed by atoms with Crippen molar-refractivity contribution in [2.45, 2.75) is 32.6 Å². The summed E-state index contributed by atoms with van der Waals surface area (Å²) in [6.45, 7) is 5.12. The van der Waals surface area contributed by atoms with Crippen LogP contribution in [0.15, 0.2) is 48.7 Å². The molecule has 0 saturated heterocycles. The van der Waals surface area contributed by atoms with Crippen molar-refractivity contribution in [3.63, 3.8) is 0 Å². The third-order valence-electron chi connectivity index (χ3n) is 3.41. The molecular weight excluding hydrogens is 234 g/mol. The summed E-state index contributed by atoms with van der Waals surface area (Å²) >= 11 is 0. The predicted octanol–water partition coefficient (Wildman–Crippen LogP) is 4.22. The van der Waals surface area contributed by atoms with Gasteiger partial charge in [0.05, 0.1) is 6.61 Å². The molecule has 0 fully saturated rings. The zero-order valence-electron chi connectivity index (χ0n) is 11.7. The summed E-state index contributed by atoms with van der Waals surface area (Å²) in [6, 6.07) is 14.4. The van der Waals surface area contributed by atoms with Gasteiger partial charge in [-0.05, 0) is 42.2 Å². The van der Waals surface area contributed by atoms with Crippen LogP contribution in [0, 0.1) is 0 Å². The Morgan fingerprint density at radius 2 is 1.89 bits per heavy atom. The highest BCUT2D eigenvalue weighted by molar-refractivity contribution is 5.29. The Bertz CT molecular complexity index is 478. The van der Waals surface area contributed by atoms with Gasteiger partial charge in [-0.2, -0.15) is 0 Å². The number of ether oxygens (including phenoxy) is 1. The minimum absolute atomic E-state index is 0.613. The van der Waals surface area contributed by atoms with Crippen LogP contribution >= 0.6 is 0 Å². The van der Waals surface area contributed by atoms with Crippen LogP contribution in [-0.4, -0.2) is 11.6 Å². The van der Waals surface area contributed by atoms with Gasteiger partial charge in [-0.1, -0.05) is 32.0 Å². The molecular formula is C17H21NO. The lowest BCUT2D eigenvalue weighted by Gasteiger charge is -2.10. The second-order valence-electron chi connectivity index (χ2n) is 4.80. The maximum Gasteiger partial charge on any atom is 0.119 e. The van der Waals surface area contributed by atoms with E-state index in [2.05, 4.69) is 43.1 Å². The summed E-state index contributed by atoms with van der Waals surface area (Å²) in [6.07, 6.45) is 3.82. The van der Waals surface area contributed by atoms with Gasteiger partial charge in [-0.3, -0.25) is 4.98 Å². The number of hydrogen-bond donors (Lipinski definition) is 0. The molecule has 0 aliphatic carbocycles. The van der Waals surface area contributed by atoms with E-state index in [1.165, 1.54) is 12.0 Å². The van der Waals surface area contributed by atoms with Gasteiger partial charge in [0.25, 0.3) is 0 Å². The molecule has 0 N–H and O–H groups in total. The van der Waals surface area contributed by atoms with E-state index in [1.807, 2.05) is 24.4 Å². The highest BCUT2D eigenvalue weighted by atomic mass is 16.5. The van der Waals surface area contributed by atoms with E-state index in [-0.39, 0.29) is 0 Å². The van der Waals surface area contributed by atoms with Crippen LogP contribution in [0.5, 0.6) is 5.75 Å². The van der Waals surface area contributed by atoms with E-state index in [0.717, 1.165) is 17.9 Å². The van der Waals surface area contributed by atoms with Crippen molar-refractivity contribution in [2.75, 3.05) is 6.61 Å². The zero-order chi connectivity index (χ0) is 13.5. The Labute approximate surface area is 115 Å². The lowest BCUT2D eigenvalue weighted by Crippen LogP contribution is -2.02. The minimum atomic E-state index is 0.613. The summed E-state index contributed by atoms with van der Waals surface area (Å²) in [5.74, 6) is 1.55. The van der Waals surface area contributed by atoms with Crippen molar-refractivity contribution in [1.29, 1.82) is 0 Å². The smallest absolute Gasteiger partial charge is 0.119 e. The van der Waals surface area contributed by atoms with Crippen molar-refractivity contribution in [2.24, 2.45) is 0 Å². The first-order chi connectivity index (χ1) is 9.29. The van der Waals surface area contributed by atoms with Gasteiger partial charge in [-0.15, -0.1) is 0 Å². The van der Waals surface area contributed by atoms with Crippen molar-refractivity contribution < 1.29 is 4.74 Å². The number of nitrogens with zero attached hydrogens (tertiary/aromatic N) is 1. The first kappa shape index (κ1) is 13.6. The van der Waals surface area contributed by atoms with Crippen molar-refractivity contribution in [3.8, 4) is 5.75 Å². The molecule has 2 heteroatoms. The Morgan fingerprint density at radius 1 is 1.11 bits per heavy atom. The molecule has 0 bridgehead atoms. The normalized spacial score (nSPS) is 12.1. The highest BCUT2D eigenvalue weighted by Crippen LogP contribution is 2.21.